The molecule has 4 heterocycles. The number of nitrogens with one attached hydrogen (secondary N) is 5. The van der Waals surface area contributed by atoms with Crippen molar-refractivity contribution in [3.05, 3.63) is 107 Å². The van der Waals surface area contributed by atoms with Crippen molar-refractivity contribution in [3.8, 4) is 33.6 Å². The molecule has 3 fully saturated rings. The number of H-pyrrole nitrogens is 3. The summed E-state index contributed by atoms with van der Waals surface area (Å²) in [5.74, 6) is 4.07. The largest absolute Gasteiger partial charge is 0.453 e. The van der Waals surface area contributed by atoms with Gasteiger partial charge < -0.3 is 35.2 Å². The van der Waals surface area contributed by atoms with Crippen LogP contribution in [-0.2, 0) is 20.9 Å². The third kappa shape index (κ3) is 8.46. The third-order valence-electron chi connectivity index (χ3n) is 11.5. The summed E-state index contributed by atoms with van der Waals surface area (Å²) in [5.41, 5.74) is 6.87. The minimum atomic E-state index is -0.655. The molecular weight excluding hydrogens is 709 g/mol. The van der Waals surface area contributed by atoms with E-state index < -0.39 is 12.1 Å². The number of fused-ring (bicyclic) bond motifs is 2. The Balaban J connectivity index is 0.000000378. The van der Waals surface area contributed by atoms with Gasteiger partial charge in [-0.1, -0.05) is 74.9 Å². The highest BCUT2D eigenvalue weighted by atomic mass is 16.5. The maximum atomic E-state index is 13.5. The van der Waals surface area contributed by atoms with Crippen molar-refractivity contribution in [2.75, 3.05) is 13.7 Å². The number of alkyl carbamates (subject to hydrolysis) is 1. The maximum Gasteiger partial charge on any atom is 0.407 e. The molecule has 1 saturated heterocycles. The van der Waals surface area contributed by atoms with Gasteiger partial charge in [-0.25, -0.2) is 14.8 Å². The summed E-state index contributed by atoms with van der Waals surface area (Å²) in [6, 6.07) is 19.7. The average molecular weight is 759 g/mol. The van der Waals surface area contributed by atoms with Gasteiger partial charge in [-0.3, -0.25) is 14.4 Å². The molecule has 2 bridgehead atoms. The highest BCUT2D eigenvalue weighted by Gasteiger charge is 2.41. The summed E-state index contributed by atoms with van der Waals surface area (Å²) in [5, 5.41) is 5.11. The normalized spacial score (nSPS) is 20.3. The molecule has 1 aliphatic heterocycles. The monoisotopic (exact) mass is 758 g/mol. The first kappa shape index (κ1) is 38.3. The van der Waals surface area contributed by atoms with E-state index in [2.05, 4.69) is 79.1 Å². The lowest BCUT2D eigenvalue weighted by Gasteiger charge is -2.30. The lowest BCUT2D eigenvalue weighted by Crippen LogP contribution is -2.51. The molecule has 3 aliphatic rings. The van der Waals surface area contributed by atoms with Crippen molar-refractivity contribution in [2.45, 2.75) is 76.9 Å². The molecule has 8 rings (SSSR count). The number of nitrogens with zero attached hydrogens (tertiary/aromatic N) is 3. The van der Waals surface area contributed by atoms with E-state index in [1.54, 1.807) is 18.3 Å². The molecule has 13 heteroatoms. The molecule has 2 aliphatic carbocycles. The zero-order valence-corrected chi connectivity index (χ0v) is 32.1. The lowest BCUT2D eigenvalue weighted by atomic mass is 9.88. The number of methoxy groups -OCH3 is 1. The number of pyridine rings is 1. The van der Waals surface area contributed by atoms with Gasteiger partial charge >= 0.3 is 6.09 Å². The summed E-state index contributed by atoms with van der Waals surface area (Å²) in [6.45, 7) is 4.74. The molecule has 13 nitrogen and oxygen atoms in total. The second-order valence-electron chi connectivity index (χ2n) is 15.4. The van der Waals surface area contributed by atoms with Crippen LogP contribution in [0, 0.1) is 17.8 Å². The van der Waals surface area contributed by atoms with Crippen LogP contribution in [0.2, 0.25) is 0 Å². The van der Waals surface area contributed by atoms with E-state index in [1.807, 2.05) is 31.1 Å². The Morgan fingerprint density at radius 3 is 2.11 bits per heavy atom. The number of ether oxygens (including phenoxy) is 1. The second kappa shape index (κ2) is 17.2. The van der Waals surface area contributed by atoms with Crippen LogP contribution in [0.1, 0.15) is 81.5 Å². The van der Waals surface area contributed by atoms with E-state index in [1.165, 1.54) is 38.6 Å². The third-order valence-corrected chi connectivity index (χ3v) is 11.5. The first-order chi connectivity index (χ1) is 27.2. The van der Waals surface area contributed by atoms with E-state index in [-0.39, 0.29) is 30.0 Å². The fourth-order valence-corrected chi connectivity index (χ4v) is 8.53. The van der Waals surface area contributed by atoms with Gasteiger partial charge in [-0.15, -0.1) is 0 Å². The van der Waals surface area contributed by atoms with Gasteiger partial charge in [0.15, 0.2) is 0 Å². The lowest BCUT2D eigenvalue weighted by molar-refractivity contribution is -0.135. The van der Waals surface area contributed by atoms with Gasteiger partial charge in [-0.05, 0) is 78.2 Å². The molecule has 292 valence electrons. The molecule has 5 N–H and O–H groups in total. The maximum absolute atomic E-state index is 13.5. The number of rotatable bonds is 11. The van der Waals surface area contributed by atoms with Crippen LogP contribution in [0.3, 0.4) is 0 Å². The summed E-state index contributed by atoms with van der Waals surface area (Å²) in [4.78, 5) is 67.0. The van der Waals surface area contributed by atoms with Gasteiger partial charge in [0.2, 0.25) is 12.3 Å². The van der Waals surface area contributed by atoms with Crippen molar-refractivity contribution in [3.63, 3.8) is 0 Å². The van der Waals surface area contributed by atoms with Gasteiger partial charge in [0.25, 0.3) is 5.56 Å². The van der Waals surface area contributed by atoms with E-state index in [4.69, 9.17) is 9.72 Å². The number of benzene rings is 2. The summed E-state index contributed by atoms with van der Waals surface area (Å²) in [7, 11) is 1.30. The number of imidazole rings is 2. The smallest absolute Gasteiger partial charge is 0.407 e. The van der Waals surface area contributed by atoms with E-state index in [0.717, 1.165) is 64.1 Å². The van der Waals surface area contributed by atoms with Crippen molar-refractivity contribution < 1.29 is 19.1 Å². The number of carbonyl (C=O) groups is 3. The quantitative estimate of drug-likeness (QED) is 0.0931. The number of amides is 3. The highest BCUT2D eigenvalue weighted by molar-refractivity contribution is 5.86. The molecule has 2 saturated carbocycles. The van der Waals surface area contributed by atoms with Gasteiger partial charge in [0.1, 0.15) is 17.7 Å². The number of hydrogen-bond acceptors (Lipinski definition) is 7. The van der Waals surface area contributed by atoms with Crippen LogP contribution >= 0.6 is 0 Å². The second-order valence-corrected chi connectivity index (χ2v) is 15.4. The first-order valence-electron chi connectivity index (χ1n) is 19.5. The minimum absolute atomic E-state index is 0.0743. The van der Waals surface area contributed by atoms with E-state index in [9.17, 15) is 19.2 Å². The number of hydrogen-bond donors (Lipinski definition) is 5. The molecule has 5 aromatic rings. The molecule has 56 heavy (non-hydrogen) atoms. The first-order valence-corrected chi connectivity index (χ1v) is 19.5. The number of aromatic amines is 3. The van der Waals surface area contributed by atoms with Crippen molar-refractivity contribution >= 4 is 18.4 Å². The number of carbonyl (C=O) groups excluding carboxylic acids is 3. The fraction of sp³-hybridized carbons (Fsp3) is 0.395. The summed E-state index contributed by atoms with van der Waals surface area (Å²) in [6.07, 6.45) is 12.5. The van der Waals surface area contributed by atoms with Crippen molar-refractivity contribution in [1.82, 2.24) is 40.5 Å². The number of aromatic nitrogens is 5. The Morgan fingerprint density at radius 1 is 0.893 bits per heavy atom. The standard InChI is InChI=1S/C36H42N6O3.C7H8N2O2/c1-21(2)32(41-36(44)45-3)35(43)42-16-4-5-31(42)34-38-20-30(40-34)26-14-10-24(11-15-26)23-8-12-25(13-9-23)29-19-37-33(39-29)28-18-22-6-7-27(28)17-22;10-5-8-4-6-2-1-3-9-7(6)11/h8-15,19-22,27-28,31-32H,4-7,16-18H2,1-3H3,(H,37,39)(H,38,40)(H,41,44);1-3,5H,4H2,(H,8,10)(H,9,11). The predicted molar refractivity (Wildman–Crippen MR) is 213 cm³/mol. The Labute approximate surface area is 326 Å². The highest BCUT2D eigenvalue weighted by Crippen LogP contribution is 2.52. The predicted octanol–water partition coefficient (Wildman–Crippen LogP) is 6.70. The topological polar surface area (TPSA) is 178 Å². The van der Waals surface area contributed by atoms with E-state index in [0.29, 0.717) is 24.4 Å². The van der Waals surface area contributed by atoms with Crippen LogP contribution in [0.15, 0.2) is 84.0 Å². The van der Waals surface area contributed by atoms with Crippen LogP contribution < -0.4 is 16.2 Å². The SMILES string of the molecule is COC(=O)NC(C(=O)N1CCCC1c1ncc(-c2ccc(-c3ccc(-c4cnc(C5CC6CCC5C6)[nH]4)cc3)cc2)[nH]1)C(C)C.O=CNCc1ccc[nH]c1=O. The fourth-order valence-electron chi connectivity index (χ4n) is 8.53. The molecule has 3 amide bonds. The van der Waals surface area contributed by atoms with Gasteiger partial charge in [0, 0.05) is 30.8 Å². The number of likely N-dealkylation sites (tertiary alicyclic amines) is 1. The Bertz CT molecular complexity index is 2170. The Kier molecular flexibility index (Phi) is 11.8. The van der Waals surface area contributed by atoms with Gasteiger partial charge in [-0.2, -0.15) is 0 Å². The molecule has 3 aromatic heterocycles. The van der Waals surface area contributed by atoms with Gasteiger partial charge in [0.05, 0.1) is 36.9 Å². The van der Waals surface area contributed by atoms with Crippen LogP contribution in [0.4, 0.5) is 4.79 Å². The Morgan fingerprint density at radius 2 is 1.54 bits per heavy atom. The van der Waals surface area contributed by atoms with Crippen LogP contribution in [0.5, 0.6) is 0 Å². The van der Waals surface area contributed by atoms with Crippen molar-refractivity contribution in [2.24, 2.45) is 17.8 Å². The molecule has 5 unspecified atom stereocenters. The zero-order chi connectivity index (χ0) is 39.2. The summed E-state index contributed by atoms with van der Waals surface area (Å²) >= 11 is 0. The summed E-state index contributed by atoms with van der Waals surface area (Å²) < 4.78 is 4.75. The van der Waals surface area contributed by atoms with Crippen molar-refractivity contribution in [1.29, 1.82) is 0 Å². The molecule has 5 atom stereocenters. The van der Waals surface area contributed by atoms with E-state index >= 15 is 0 Å². The van der Waals surface area contributed by atoms with Crippen LogP contribution in [0.25, 0.3) is 33.6 Å². The molecule has 0 radical (unpaired) electrons. The zero-order valence-electron chi connectivity index (χ0n) is 32.1. The molecular formula is C43H50N8O5. The Hall–Kier alpha value is -5.98. The molecule has 0 spiro atoms. The minimum Gasteiger partial charge on any atom is -0.453 e. The van der Waals surface area contributed by atoms with Crippen LogP contribution in [-0.4, -0.2) is 67.9 Å². The average Bonchev–Trinajstić information content (AvgIpc) is 4.08. The molecule has 2 aromatic carbocycles.